The topological polar surface area (TPSA) is 46.6 Å². The lowest BCUT2D eigenvalue weighted by atomic mass is 10.5. The molecule has 65 valence electrons. The van der Waals surface area contributed by atoms with Gasteiger partial charge in [0.25, 0.3) is 0 Å². The molecule has 0 amide bonds. The fourth-order valence-corrected chi connectivity index (χ4v) is 2.21. The van der Waals surface area contributed by atoms with Crippen molar-refractivity contribution in [2.75, 3.05) is 25.6 Å². The maximum atomic E-state index is 11.1. The van der Waals surface area contributed by atoms with Crippen molar-refractivity contribution in [3.8, 4) is 0 Å². The first kappa shape index (κ1) is 8.96. The van der Waals surface area contributed by atoms with Crippen molar-refractivity contribution in [2.45, 2.75) is 6.42 Å². The largest absolute Gasteiger partial charge is 0.363 e. The number of sulfonamides is 1. The van der Waals surface area contributed by atoms with Gasteiger partial charge >= 0.3 is 0 Å². The molecule has 11 heavy (non-hydrogen) atoms. The van der Waals surface area contributed by atoms with E-state index in [0.717, 1.165) is 0 Å². The minimum absolute atomic E-state index is 0.174. The van der Waals surface area contributed by atoms with E-state index in [0.29, 0.717) is 26.1 Å². The minimum atomic E-state index is -3.11. The molecule has 0 saturated carbocycles. The minimum Gasteiger partial charge on any atom is -0.363 e. The van der Waals surface area contributed by atoms with Crippen LogP contribution in [0.1, 0.15) is 6.42 Å². The van der Waals surface area contributed by atoms with E-state index in [9.17, 15) is 8.42 Å². The third kappa shape index (κ3) is 2.15. The summed E-state index contributed by atoms with van der Waals surface area (Å²) in [5.74, 6) is -0.174. The summed E-state index contributed by atoms with van der Waals surface area (Å²) < 4.78 is 28.5. The highest BCUT2D eigenvalue weighted by atomic mass is 32.2. The molecule has 0 atom stereocenters. The third-order valence-electron chi connectivity index (χ3n) is 1.52. The molecular formula is C6H12NO3S. The Bertz CT molecular complexity index is 210. The highest BCUT2D eigenvalue weighted by Gasteiger charge is 2.24. The fourth-order valence-electron chi connectivity index (χ4n) is 0.971. The van der Waals surface area contributed by atoms with Crippen molar-refractivity contribution in [3.05, 3.63) is 6.92 Å². The molecule has 5 heteroatoms. The first-order valence-electron chi connectivity index (χ1n) is 3.51. The van der Waals surface area contributed by atoms with Crippen LogP contribution in [0.4, 0.5) is 0 Å². The van der Waals surface area contributed by atoms with Gasteiger partial charge in [-0.1, -0.05) is 6.92 Å². The van der Waals surface area contributed by atoms with Crippen molar-refractivity contribution < 1.29 is 13.2 Å². The van der Waals surface area contributed by atoms with Crippen LogP contribution in [0.5, 0.6) is 0 Å². The van der Waals surface area contributed by atoms with E-state index in [4.69, 9.17) is 4.74 Å². The van der Waals surface area contributed by atoms with E-state index in [1.165, 1.54) is 4.31 Å². The quantitative estimate of drug-likeness (QED) is 0.590. The molecule has 1 heterocycles. The number of rotatable bonds is 2. The second kappa shape index (κ2) is 3.51. The Morgan fingerprint density at radius 3 is 2.82 bits per heavy atom. The number of hydrogen-bond acceptors (Lipinski definition) is 3. The lowest BCUT2D eigenvalue weighted by Crippen LogP contribution is -2.41. The van der Waals surface area contributed by atoms with Gasteiger partial charge in [-0.15, -0.1) is 0 Å². The molecule has 1 saturated heterocycles. The Balaban J connectivity index is 2.60. The Hall–Kier alpha value is -0.130. The molecule has 1 aliphatic rings. The van der Waals surface area contributed by atoms with Crippen LogP contribution in [0.3, 0.4) is 0 Å². The van der Waals surface area contributed by atoms with Gasteiger partial charge in [0.1, 0.15) is 0 Å². The van der Waals surface area contributed by atoms with Gasteiger partial charge in [0.05, 0.1) is 6.61 Å². The van der Waals surface area contributed by atoms with Gasteiger partial charge in [-0.05, 0) is 6.42 Å². The molecule has 1 aliphatic heterocycles. The van der Waals surface area contributed by atoms with Crippen LogP contribution in [-0.2, 0) is 14.8 Å². The fraction of sp³-hybridized carbons (Fsp3) is 0.833. The molecule has 0 spiro atoms. The number of nitrogens with zero attached hydrogens (tertiary/aromatic N) is 1. The van der Waals surface area contributed by atoms with E-state index in [1.54, 1.807) is 0 Å². The summed E-state index contributed by atoms with van der Waals surface area (Å²) in [4.78, 5) is 0. The SMILES string of the molecule is [CH2]CCN1CCOCS1(=O)=O. The summed E-state index contributed by atoms with van der Waals surface area (Å²) >= 11 is 0. The average Bonchev–Trinajstić information content (AvgIpc) is 1.94. The van der Waals surface area contributed by atoms with Crippen molar-refractivity contribution >= 4 is 10.0 Å². The van der Waals surface area contributed by atoms with Gasteiger partial charge in [-0.25, -0.2) is 8.42 Å². The van der Waals surface area contributed by atoms with E-state index >= 15 is 0 Å². The summed E-state index contributed by atoms with van der Waals surface area (Å²) in [7, 11) is -3.11. The van der Waals surface area contributed by atoms with Crippen molar-refractivity contribution in [2.24, 2.45) is 0 Å². The summed E-state index contributed by atoms with van der Waals surface area (Å²) in [5.41, 5.74) is 0. The monoisotopic (exact) mass is 178 g/mol. The van der Waals surface area contributed by atoms with Gasteiger partial charge in [0.2, 0.25) is 10.0 Å². The Morgan fingerprint density at radius 2 is 2.27 bits per heavy atom. The first-order valence-corrected chi connectivity index (χ1v) is 5.12. The zero-order chi connectivity index (χ0) is 8.32. The molecule has 0 aromatic rings. The van der Waals surface area contributed by atoms with Crippen molar-refractivity contribution in [1.82, 2.24) is 4.31 Å². The number of ether oxygens (including phenoxy) is 1. The van der Waals surface area contributed by atoms with Gasteiger partial charge < -0.3 is 4.74 Å². The summed E-state index contributed by atoms with van der Waals surface area (Å²) in [6.07, 6.45) is 0.610. The van der Waals surface area contributed by atoms with Crippen molar-refractivity contribution in [3.63, 3.8) is 0 Å². The van der Waals surface area contributed by atoms with Gasteiger partial charge in [0.15, 0.2) is 5.94 Å². The summed E-state index contributed by atoms with van der Waals surface area (Å²) in [6.45, 7) is 5.07. The maximum absolute atomic E-state index is 11.1. The third-order valence-corrected chi connectivity index (χ3v) is 3.13. The predicted molar refractivity (Wildman–Crippen MR) is 41.3 cm³/mol. The first-order chi connectivity index (χ1) is 5.17. The van der Waals surface area contributed by atoms with Crippen LogP contribution in [0.2, 0.25) is 0 Å². The second-order valence-electron chi connectivity index (χ2n) is 2.39. The molecule has 0 N–H and O–H groups in total. The van der Waals surface area contributed by atoms with Crippen LogP contribution in [0.15, 0.2) is 0 Å². The van der Waals surface area contributed by atoms with Crippen molar-refractivity contribution in [1.29, 1.82) is 0 Å². The maximum Gasteiger partial charge on any atom is 0.238 e. The number of hydrogen-bond donors (Lipinski definition) is 0. The Labute approximate surface area is 67.2 Å². The molecule has 0 unspecified atom stereocenters. The summed E-state index contributed by atoms with van der Waals surface area (Å²) in [5, 5.41) is 0. The van der Waals surface area contributed by atoms with Crippen LogP contribution in [0, 0.1) is 6.92 Å². The zero-order valence-corrected chi connectivity index (χ0v) is 7.14. The molecule has 0 aliphatic carbocycles. The Kier molecular flexibility index (Phi) is 2.86. The molecule has 1 rings (SSSR count). The molecule has 1 radical (unpaired) electrons. The van der Waals surface area contributed by atoms with E-state index in [2.05, 4.69) is 6.92 Å². The molecule has 0 bridgehead atoms. The molecule has 4 nitrogen and oxygen atoms in total. The molecular weight excluding hydrogens is 166 g/mol. The highest BCUT2D eigenvalue weighted by Crippen LogP contribution is 2.07. The normalized spacial score (nSPS) is 25.2. The van der Waals surface area contributed by atoms with Crippen LogP contribution >= 0.6 is 0 Å². The van der Waals surface area contributed by atoms with E-state index in [-0.39, 0.29) is 5.94 Å². The lowest BCUT2D eigenvalue weighted by Gasteiger charge is -2.25. The van der Waals surface area contributed by atoms with Gasteiger partial charge in [-0.2, -0.15) is 4.31 Å². The molecule has 1 fully saturated rings. The predicted octanol–water partition coefficient (Wildman–Crippen LogP) is -0.170. The van der Waals surface area contributed by atoms with Crippen LogP contribution in [-0.4, -0.2) is 38.4 Å². The van der Waals surface area contributed by atoms with E-state index < -0.39 is 10.0 Å². The average molecular weight is 178 g/mol. The molecule has 0 aromatic heterocycles. The van der Waals surface area contributed by atoms with Crippen LogP contribution in [0.25, 0.3) is 0 Å². The van der Waals surface area contributed by atoms with Gasteiger partial charge in [0, 0.05) is 13.1 Å². The zero-order valence-electron chi connectivity index (χ0n) is 6.32. The van der Waals surface area contributed by atoms with Crippen LogP contribution < -0.4 is 0 Å². The highest BCUT2D eigenvalue weighted by molar-refractivity contribution is 7.88. The standard InChI is InChI=1S/C6H12NO3S/c1-2-3-7-4-5-10-6-11(7,8)9/h1-6H2. The van der Waals surface area contributed by atoms with Gasteiger partial charge in [-0.3, -0.25) is 0 Å². The Morgan fingerprint density at radius 1 is 1.55 bits per heavy atom. The second-order valence-corrected chi connectivity index (χ2v) is 4.31. The smallest absolute Gasteiger partial charge is 0.238 e. The van der Waals surface area contributed by atoms with E-state index in [1.807, 2.05) is 0 Å². The summed E-state index contributed by atoms with van der Waals surface area (Å²) in [6, 6.07) is 0. The lowest BCUT2D eigenvalue weighted by molar-refractivity contribution is 0.133. The molecule has 0 aromatic carbocycles.